The number of methoxy groups -OCH3 is 1. The summed E-state index contributed by atoms with van der Waals surface area (Å²) in [5, 5.41) is 0. The fourth-order valence-electron chi connectivity index (χ4n) is 1.53. The van der Waals surface area contributed by atoms with E-state index in [0.29, 0.717) is 11.4 Å². The first-order valence-corrected chi connectivity index (χ1v) is 5.02. The maximum absolute atomic E-state index is 5.32. The summed E-state index contributed by atoms with van der Waals surface area (Å²) in [6, 6.07) is 9.06. The molecule has 0 aliphatic rings. The van der Waals surface area contributed by atoms with Crippen molar-refractivity contribution in [3.05, 3.63) is 36.6 Å². The van der Waals surface area contributed by atoms with Crippen LogP contribution in [0.3, 0.4) is 0 Å². The number of benzene rings is 1. The van der Waals surface area contributed by atoms with Crippen LogP contribution in [0.5, 0.6) is 5.75 Å². The Labute approximate surface area is 98.7 Å². The lowest BCUT2D eigenvalue weighted by Crippen LogP contribution is -2.21. The van der Waals surface area contributed by atoms with Gasteiger partial charge in [-0.05, 0) is 24.3 Å². The average Bonchev–Trinajstić information content (AvgIpc) is 2.81. The van der Waals surface area contributed by atoms with Gasteiger partial charge in [0.1, 0.15) is 11.5 Å². The van der Waals surface area contributed by atoms with Gasteiger partial charge in [-0.3, -0.25) is 0 Å². The molecule has 88 valence electrons. The Morgan fingerprint density at radius 1 is 1.29 bits per heavy atom. The van der Waals surface area contributed by atoms with Gasteiger partial charge in [-0.15, -0.1) is 0 Å². The number of hydrogen-bond donors (Lipinski definition) is 2. The van der Waals surface area contributed by atoms with Gasteiger partial charge in [-0.25, -0.2) is 4.99 Å². The molecule has 0 radical (unpaired) electrons. The Bertz CT molecular complexity index is 529. The number of aliphatic imine (C=N–C) groups is 1. The highest BCUT2D eigenvalue weighted by molar-refractivity contribution is 5.80. The fraction of sp³-hybridized carbons (Fsp3) is 0.0833. The monoisotopic (exact) mass is 231 g/mol. The lowest BCUT2D eigenvalue weighted by Gasteiger charge is -2.07. The standard InChI is InChI=1S/C12H13N3O2/c1-16-11-7-8(15-12(13)14)4-5-9(11)10-3-2-6-17-10/h2-7H,1H3,(H4,13,14,15). The lowest BCUT2D eigenvalue weighted by molar-refractivity contribution is 0.415. The molecule has 1 aromatic heterocycles. The SMILES string of the molecule is COc1cc(N=C(N)N)ccc1-c1ccco1. The van der Waals surface area contributed by atoms with Crippen molar-refractivity contribution in [3.63, 3.8) is 0 Å². The minimum Gasteiger partial charge on any atom is -0.496 e. The van der Waals surface area contributed by atoms with Gasteiger partial charge >= 0.3 is 0 Å². The van der Waals surface area contributed by atoms with Gasteiger partial charge < -0.3 is 20.6 Å². The van der Waals surface area contributed by atoms with Crippen LogP contribution in [0.1, 0.15) is 0 Å². The summed E-state index contributed by atoms with van der Waals surface area (Å²) in [4.78, 5) is 3.95. The van der Waals surface area contributed by atoms with Crippen molar-refractivity contribution in [2.24, 2.45) is 16.5 Å². The number of rotatable bonds is 3. The molecule has 4 N–H and O–H groups in total. The minimum atomic E-state index is 0.0119. The largest absolute Gasteiger partial charge is 0.496 e. The van der Waals surface area contributed by atoms with Crippen LogP contribution >= 0.6 is 0 Å². The smallest absolute Gasteiger partial charge is 0.191 e. The molecule has 1 aromatic carbocycles. The topological polar surface area (TPSA) is 86.8 Å². The Balaban J connectivity index is 2.46. The molecule has 0 spiro atoms. The second-order valence-electron chi connectivity index (χ2n) is 3.40. The van der Waals surface area contributed by atoms with E-state index in [1.54, 1.807) is 25.5 Å². The highest BCUT2D eigenvalue weighted by atomic mass is 16.5. The first kappa shape index (κ1) is 11.1. The van der Waals surface area contributed by atoms with Crippen molar-refractivity contribution < 1.29 is 9.15 Å². The third kappa shape index (κ3) is 2.39. The van der Waals surface area contributed by atoms with Gasteiger partial charge in [0.25, 0.3) is 0 Å². The Morgan fingerprint density at radius 3 is 2.71 bits per heavy atom. The van der Waals surface area contributed by atoms with Gasteiger partial charge in [0.15, 0.2) is 5.96 Å². The highest BCUT2D eigenvalue weighted by Gasteiger charge is 2.08. The van der Waals surface area contributed by atoms with E-state index in [1.807, 2.05) is 18.2 Å². The zero-order valence-corrected chi connectivity index (χ0v) is 9.38. The summed E-state index contributed by atoms with van der Waals surface area (Å²) in [5.74, 6) is 1.40. The number of nitrogens with zero attached hydrogens (tertiary/aromatic N) is 1. The predicted molar refractivity (Wildman–Crippen MR) is 66.2 cm³/mol. The molecule has 0 saturated carbocycles. The number of hydrogen-bond acceptors (Lipinski definition) is 3. The van der Waals surface area contributed by atoms with E-state index in [9.17, 15) is 0 Å². The molecule has 0 aliphatic carbocycles. The van der Waals surface area contributed by atoms with Gasteiger partial charge in [0.2, 0.25) is 0 Å². The van der Waals surface area contributed by atoms with Gasteiger partial charge in [0, 0.05) is 6.07 Å². The van der Waals surface area contributed by atoms with E-state index in [2.05, 4.69) is 4.99 Å². The number of furan rings is 1. The highest BCUT2D eigenvalue weighted by Crippen LogP contribution is 2.33. The van der Waals surface area contributed by atoms with E-state index >= 15 is 0 Å². The van der Waals surface area contributed by atoms with Crippen LogP contribution in [0.15, 0.2) is 46.0 Å². The zero-order valence-electron chi connectivity index (χ0n) is 9.38. The molecule has 0 atom stereocenters. The lowest BCUT2D eigenvalue weighted by atomic mass is 10.1. The van der Waals surface area contributed by atoms with Crippen LogP contribution in [0.2, 0.25) is 0 Å². The van der Waals surface area contributed by atoms with Crippen molar-refractivity contribution >= 4 is 11.6 Å². The molecule has 0 bridgehead atoms. The molecular formula is C12H13N3O2. The van der Waals surface area contributed by atoms with Crippen LogP contribution in [0.25, 0.3) is 11.3 Å². The van der Waals surface area contributed by atoms with Crippen molar-refractivity contribution in [2.75, 3.05) is 7.11 Å². The normalized spacial score (nSPS) is 9.94. The number of nitrogens with two attached hydrogens (primary N) is 2. The Hall–Kier alpha value is -2.43. The summed E-state index contributed by atoms with van der Waals surface area (Å²) in [6.07, 6.45) is 1.61. The van der Waals surface area contributed by atoms with Crippen LogP contribution < -0.4 is 16.2 Å². The fourth-order valence-corrected chi connectivity index (χ4v) is 1.53. The summed E-state index contributed by atoms with van der Waals surface area (Å²) < 4.78 is 10.6. The molecule has 2 rings (SSSR count). The molecule has 0 amide bonds. The van der Waals surface area contributed by atoms with Crippen LogP contribution in [-0.2, 0) is 0 Å². The van der Waals surface area contributed by atoms with Crippen LogP contribution in [0, 0.1) is 0 Å². The molecule has 2 aromatic rings. The Morgan fingerprint density at radius 2 is 2.12 bits per heavy atom. The van der Waals surface area contributed by atoms with Gasteiger partial charge in [0.05, 0.1) is 24.6 Å². The molecule has 1 heterocycles. The maximum Gasteiger partial charge on any atom is 0.191 e. The van der Waals surface area contributed by atoms with Crippen LogP contribution in [-0.4, -0.2) is 13.1 Å². The maximum atomic E-state index is 5.32. The van der Waals surface area contributed by atoms with E-state index in [-0.39, 0.29) is 5.96 Å². The quantitative estimate of drug-likeness (QED) is 0.623. The summed E-state index contributed by atoms with van der Waals surface area (Å²) in [6.45, 7) is 0. The Kier molecular flexibility index (Phi) is 3.00. The van der Waals surface area contributed by atoms with Crippen molar-refractivity contribution in [1.82, 2.24) is 0 Å². The molecule has 0 unspecified atom stereocenters. The van der Waals surface area contributed by atoms with E-state index in [4.69, 9.17) is 20.6 Å². The van der Waals surface area contributed by atoms with Crippen molar-refractivity contribution in [3.8, 4) is 17.1 Å². The molecule has 0 aliphatic heterocycles. The summed E-state index contributed by atoms with van der Waals surface area (Å²) in [7, 11) is 1.58. The van der Waals surface area contributed by atoms with E-state index < -0.39 is 0 Å². The third-order valence-electron chi connectivity index (χ3n) is 2.23. The third-order valence-corrected chi connectivity index (χ3v) is 2.23. The first-order chi connectivity index (χ1) is 8.20. The molecule has 5 nitrogen and oxygen atoms in total. The molecule has 0 fully saturated rings. The van der Waals surface area contributed by atoms with Gasteiger partial charge in [-0.1, -0.05) is 0 Å². The minimum absolute atomic E-state index is 0.0119. The zero-order chi connectivity index (χ0) is 12.3. The first-order valence-electron chi connectivity index (χ1n) is 5.02. The second-order valence-corrected chi connectivity index (χ2v) is 3.40. The van der Waals surface area contributed by atoms with E-state index in [1.165, 1.54) is 0 Å². The predicted octanol–water partition coefficient (Wildman–Crippen LogP) is 1.86. The summed E-state index contributed by atoms with van der Waals surface area (Å²) >= 11 is 0. The van der Waals surface area contributed by atoms with E-state index in [0.717, 1.165) is 11.3 Å². The van der Waals surface area contributed by atoms with Crippen molar-refractivity contribution in [2.45, 2.75) is 0 Å². The van der Waals surface area contributed by atoms with Crippen LogP contribution in [0.4, 0.5) is 5.69 Å². The number of ether oxygens (including phenoxy) is 1. The average molecular weight is 231 g/mol. The number of guanidine groups is 1. The molecule has 5 heteroatoms. The molecule has 17 heavy (non-hydrogen) atoms. The molecule has 0 saturated heterocycles. The second kappa shape index (κ2) is 4.61. The van der Waals surface area contributed by atoms with Gasteiger partial charge in [-0.2, -0.15) is 0 Å². The molecular weight excluding hydrogens is 218 g/mol. The summed E-state index contributed by atoms with van der Waals surface area (Å²) in [5.41, 5.74) is 12.1. The van der Waals surface area contributed by atoms with Crippen molar-refractivity contribution in [1.29, 1.82) is 0 Å².